The van der Waals surface area contributed by atoms with E-state index in [0.717, 1.165) is 36.8 Å². The zero-order valence-electron chi connectivity index (χ0n) is 17.6. The van der Waals surface area contributed by atoms with Gasteiger partial charge in [0.2, 0.25) is 5.91 Å². The lowest BCUT2D eigenvalue weighted by Gasteiger charge is -2.33. The summed E-state index contributed by atoms with van der Waals surface area (Å²) in [6.45, 7) is 1.95. The maximum absolute atomic E-state index is 13.9. The highest BCUT2D eigenvalue weighted by Gasteiger charge is 2.54. The summed E-state index contributed by atoms with van der Waals surface area (Å²) in [6.07, 6.45) is 3.70. The number of halogens is 1. The van der Waals surface area contributed by atoms with Gasteiger partial charge in [0.1, 0.15) is 5.82 Å². The second kappa shape index (κ2) is 7.66. The standard InChI is InChI=1S/C25H27FN2O3/c26-21-10-6-9-20(15-21)25(11-4-5-12-25)22(29)27-14-13-24(17-27)18-28(23(30)31-24)16-19-7-2-1-3-8-19/h1-3,6-10,15H,4-5,11-14,16-18H2. The lowest BCUT2D eigenvalue weighted by molar-refractivity contribution is -0.137. The van der Waals surface area contributed by atoms with Gasteiger partial charge in [-0.15, -0.1) is 0 Å². The Morgan fingerprint density at radius 1 is 1.00 bits per heavy atom. The summed E-state index contributed by atoms with van der Waals surface area (Å²) in [5.74, 6) is -0.263. The molecule has 1 spiro atoms. The van der Waals surface area contributed by atoms with Crippen molar-refractivity contribution in [2.45, 2.75) is 49.7 Å². The van der Waals surface area contributed by atoms with Gasteiger partial charge in [-0.3, -0.25) is 9.69 Å². The minimum absolute atomic E-state index is 0.0463. The minimum Gasteiger partial charge on any atom is -0.439 e. The Morgan fingerprint density at radius 2 is 1.77 bits per heavy atom. The van der Waals surface area contributed by atoms with Crippen LogP contribution in [0.5, 0.6) is 0 Å². The Balaban J connectivity index is 1.33. The topological polar surface area (TPSA) is 49.9 Å². The molecular weight excluding hydrogens is 395 g/mol. The molecule has 2 aliphatic heterocycles. The summed E-state index contributed by atoms with van der Waals surface area (Å²) in [5, 5.41) is 0. The van der Waals surface area contributed by atoms with Crippen molar-refractivity contribution in [2.75, 3.05) is 19.6 Å². The third kappa shape index (κ3) is 3.58. The van der Waals surface area contributed by atoms with Crippen molar-refractivity contribution in [3.8, 4) is 0 Å². The van der Waals surface area contributed by atoms with Gasteiger partial charge < -0.3 is 9.64 Å². The van der Waals surface area contributed by atoms with Crippen molar-refractivity contribution in [3.05, 3.63) is 71.5 Å². The molecule has 2 heterocycles. The average molecular weight is 423 g/mol. The van der Waals surface area contributed by atoms with Gasteiger partial charge in [0, 0.05) is 19.5 Å². The van der Waals surface area contributed by atoms with E-state index in [-0.39, 0.29) is 17.8 Å². The minimum atomic E-state index is -0.667. The zero-order valence-corrected chi connectivity index (χ0v) is 17.6. The van der Waals surface area contributed by atoms with Crippen LogP contribution in [0.15, 0.2) is 54.6 Å². The number of likely N-dealkylation sites (tertiary alicyclic amines) is 1. The van der Waals surface area contributed by atoms with E-state index in [1.165, 1.54) is 12.1 Å². The lowest BCUT2D eigenvalue weighted by atomic mass is 9.77. The molecule has 5 rings (SSSR count). The molecule has 1 saturated carbocycles. The van der Waals surface area contributed by atoms with Crippen LogP contribution in [0, 0.1) is 5.82 Å². The molecule has 1 atom stereocenters. The number of hydrogen-bond acceptors (Lipinski definition) is 3. The Bertz CT molecular complexity index is 989. The summed E-state index contributed by atoms with van der Waals surface area (Å²) < 4.78 is 19.8. The average Bonchev–Trinajstić information content (AvgIpc) is 3.49. The maximum Gasteiger partial charge on any atom is 0.410 e. The van der Waals surface area contributed by atoms with E-state index < -0.39 is 11.0 Å². The number of nitrogens with zero attached hydrogens (tertiary/aromatic N) is 2. The van der Waals surface area contributed by atoms with Gasteiger partial charge in [-0.25, -0.2) is 9.18 Å². The van der Waals surface area contributed by atoms with Gasteiger partial charge in [-0.1, -0.05) is 55.3 Å². The van der Waals surface area contributed by atoms with Crippen LogP contribution >= 0.6 is 0 Å². The van der Waals surface area contributed by atoms with E-state index in [2.05, 4.69) is 0 Å². The molecule has 6 heteroatoms. The van der Waals surface area contributed by atoms with Crippen molar-refractivity contribution in [2.24, 2.45) is 0 Å². The largest absolute Gasteiger partial charge is 0.439 e. The van der Waals surface area contributed by atoms with Gasteiger partial charge in [0.05, 0.1) is 18.5 Å². The Hall–Kier alpha value is -2.89. The number of amides is 2. The van der Waals surface area contributed by atoms with Gasteiger partial charge in [0.15, 0.2) is 5.60 Å². The number of ether oxygens (including phenoxy) is 1. The molecular formula is C25H27FN2O3. The van der Waals surface area contributed by atoms with Crippen molar-refractivity contribution in [1.82, 2.24) is 9.80 Å². The van der Waals surface area contributed by atoms with Crippen molar-refractivity contribution >= 4 is 12.0 Å². The van der Waals surface area contributed by atoms with Crippen molar-refractivity contribution < 1.29 is 18.7 Å². The third-order valence-electron chi connectivity index (χ3n) is 7.10. The second-order valence-electron chi connectivity index (χ2n) is 9.17. The molecule has 0 bridgehead atoms. The molecule has 1 aliphatic carbocycles. The maximum atomic E-state index is 13.9. The Kier molecular flexibility index (Phi) is 4.95. The predicted molar refractivity (Wildman–Crippen MR) is 114 cm³/mol. The molecule has 1 unspecified atom stereocenters. The first-order chi connectivity index (χ1) is 15.0. The van der Waals surface area contributed by atoms with Crippen molar-refractivity contribution in [1.29, 1.82) is 0 Å². The van der Waals surface area contributed by atoms with Crippen LogP contribution in [-0.2, 0) is 21.5 Å². The zero-order chi connectivity index (χ0) is 21.5. The number of carbonyl (C=O) groups excluding carboxylic acids is 2. The van der Waals surface area contributed by atoms with Crippen LogP contribution in [-0.4, -0.2) is 47.0 Å². The molecule has 0 N–H and O–H groups in total. The van der Waals surface area contributed by atoms with E-state index in [1.807, 2.05) is 41.3 Å². The van der Waals surface area contributed by atoms with E-state index in [9.17, 15) is 14.0 Å². The van der Waals surface area contributed by atoms with Gasteiger partial charge in [0.25, 0.3) is 0 Å². The highest BCUT2D eigenvalue weighted by atomic mass is 19.1. The molecule has 31 heavy (non-hydrogen) atoms. The van der Waals surface area contributed by atoms with Gasteiger partial charge in [-0.2, -0.15) is 0 Å². The van der Waals surface area contributed by atoms with E-state index >= 15 is 0 Å². The quantitative estimate of drug-likeness (QED) is 0.740. The van der Waals surface area contributed by atoms with E-state index in [0.29, 0.717) is 32.6 Å². The first-order valence-electron chi connectivity index (χ1n) is 11.1. The highest BCUT2D eigenvalue weighted by Crippen LogP contribution is 2.44. The first kappa shape index (κ1) is 20.0. The molecule has 2 aromatic carbocycles. The van der Waals surface area contributed by atoms with E-state index in [4.69, 9.17) is 4.74 Å². The summed E-state index contributed by atoms with van der Waals surface area (Å²) in [7, 11) is 0. The summed E-state index contributed by atoms with van der Waals surface area (Å²) in [6, 6.07) is 16.3. The van der Waals surface area contributed by atoms with E-state index in [1.54, 1.807) is 11.0 Å². The lowest BCUT2D eigenvalue weighted by Crippen LogP contribution is -2.47. The smallest absolute Gasteiger partial charge is 0.410 e. The number of benzene rings is 2. The van der Waals surface area contributed by atoms with Crippen LogP contribution in [0.4, 0.5) is 9.18 Å². The Morgan fingerprint density at radius 3 is 2.52 bits per heavy atom. The molecule has 2 saturated heterocycles. The first-order valence-corrected chi connectivity index (χ1v) is 11.1. The third-order valence-corrected chi connectivity index (χ3v) is 7.10. The summed E-state index contributed by atoms with van der Waals surface area (Å²) in [4.78, 5) is 29.8. The fourth-order valence-corrected chi connectivity index (χ4v) is 5.54. The fourth-order valence-electron chi connectivity index (χ4n) is 5.54. The second-order valence-corrected chi connectivity index (χ2v) is 9.17. The summed E-state index contributed by atoms with van der Waals surface area (Å²) in [5.41, 5.74) is 0.506. The SMILES string of the molecule is O=C1OC2(CCN(C(=O)C3(c4cccc(F)c4)CCCC3)C2)CN1Cc1ccccc1. The molecule has 0 aromatic heterocycles. The van der Waals surface area contributed by atoms with Gasteiger partial charge >= 0.3 is 6.09 Å². The highest BCUT2D eigenvalue weighted by molar-refractivity contribution is 5.89. The van der Waals surface area contributed by atoms with Crippen LogP contribution in [0.2, 0.25) is 0 Å². The molecule has 2 aromatic rings. The fraction of sp³-hybridized carbons (Fsp3) is 0.440. The van der Waals surface area contributed by atoms with Crippen LogP contribution in [0.1, 0.15) is 43.2 Å². The predicted octanol–water partition coefficient (Wildman–Crippen LogP) is 4.26. The normalized spacial score (nSPS) is 24.7. The number of carbonyl (C=O) groups is 2. The van der Waals surface area contributed by atoms with Crippen LogP contribution in [0.3, 0.4) is 0 Å². The molecule has 3 fully saturated rings. The van der Waals surface area contributed by atoms with Crippen LogP contribution in [0.25, 0.3) is 0 Å². The molecule has 162 valence electrons. The molecule has 3 aliphatic rings. The number of rotatable bonds is 4. The van der Waals surface area contributed by atoms with Crippen LogP contribution < -0.4 is 0 Å². The molecule has 5 nitrogen and oxygen atoms in total. The monoisotopic (exact) mass is 422 g/mol. The Labute approximate surface area is 181 Å². The van der Waals surface area contributed by atoms with Gasteiger partial charge in [-0.05, 0) is 36.1 Å². The molecule has 0 radical (unpaired) electrons. The molecule has 2 amide bonds. The number of hydrogen-bond donors (Lipinski definition) is 0. The summed E-state index contributed by atoms with van der Waals surface area (Å²) >= 11 is 0. The van der Waals surface area contributed by atoms with Crippen molar-refractivity contribution in [3.63, 3.8) is 0 Å².